The van der Waals surface area contributed by atoms with E-state index in [1.807, 2.05) is 19.1 Å². The Hall–Kier alpha value is -2.35. The molecule has 8 heteroatoms. The fourth-order valence-corrected chi connectivity index (χ4v) is 5.38. The van der Waals surface area contributed by atoms with Gasteiger partial charge in [-0.2, -0.15) is 0 Å². The zero-order chi connectivity index (χ0) is 23.1. The molecule has 0 radical (unpaired) electrons. The number of anilines is 1. The molecule has 2 N–H and O–H groups in total. The average molecular weight is 473 g/mol. The van der Waals surface area contributed by atoms with E-state index in [1.54, 1.807) is 36.5 Å². The second-order valence-electron chi connectivity index (χ2n) is 9.28. The summed E-state index contributed by atoms with van der Waals surface area (Å²) in [5.41, 5.74) is 3.05. The first kappa shape index (κ1) is 22.8. The zero-order valence-electron chi connectivity index (χ0n) is 18.8. The molecule has 1 aliphatic heterocycles. The molecular formula is C24H29ClN4O2S. The topological polar surface area (TPSA) is 76.0 Å². The van der Waals surface area contributed by atoms with E-state index in [0.717, 1.165) is 36.6 Å². The monoisotopic (exact) mass is 472 g/mol. The minimum atomic E-state index is -3.78. The van der Waals surface area contributed by atoms with E-state index in [9.17, 15) is 8.42 Å². The lowest BCUT2D eigenvalue weighted by Crippen LogP contribution is -2.17. The van der Waals surface area contributed by atoms with Gasteiger partial charge in [0.15, 0.2) is 0 Å². The summed E-state index contributed by atoms with van der Waals surface area (Å²) in [4.78, 5) is 4.73. The molecule has 2 heterocycles. The van der Waals surface area contributed by atoms with Crippen LogP contribution in [-0.2, 0) is 15.4 Å². The molecule has 1 saturated heterocycles. The van der Waals surface area contributed by atoms with Crippen molar-refractivity contribution in [2.45, 2.75) is 50.5 Å². The number of halogens is 1. The van der Waals surface area contributed by atoms with E-state index in [-0.39, 0.29) is 16.4 Å². The number of nitrogens with one attached hydrogen (secondary N) is 2. The van der Waals surface area contributed by atoms with Gasteiger partial charge in [-0.15, -0.1) is 0 Å². The largest absolute Gasteiger partial charge is 0.324 e. The maximum atomic E-state index is 13.2. The molecule has 170 valence electrons. The van der Waals surface area contributed by atoms with Gasteiger partial charge in [0, 0.05) is 23.2 Å². The van der Waals surface area contributed by atoms with E-state index in [0.29, 0.717) is 16.3 Å². The second kappa shape index (κ2) is 8.54. The van der Waals surface area contributed by atoms with Gasteiger partial charge in [0.2, 0.25) is 0 Å². The number of nitrogens with zero attached hydrogens (tertiary/aromatic N) is 2. The molecular weight excluding hydrogens is 444 g/mol. The first-order chi connectivity index (χ1) is 15.1. The maximum Gasteiger partial charge on any atom is 0.261 e. The van der Waals surface area contributed by atoms with Crippen LogP contribution < -0.4 is 10.0 Å². The van der Waals surface area contributed by atoms with E-state index in [1.165, 1.54) is 0 Å². The van der Waals surface area contributed by atoms with Crippen LogP contribution in [0.1, 0.15) is 44.6 Å². The van der Waals surface area contributed by atoms with Crippen molar-refractivity contribution in [1.29, 1.82) is 0 Å². The smallest absolute Gasteiger partial charge is 0.261 e. The fourth-order valence-electron chi connectivity index (χ4n) is 4.13. The molecule has 0 aliphatic carbocycles. The standard InChI is InChI=1S/C24H29ClN4O2S/c1-16-27-15-23(29(16)19-11-12-26-14-19)21-13-18(25)7-10-22(21)28-32(30,31)20-8-5-17(6-9-20)24(2,3)4/h5-10,13,15,19,26,28H,11-12,14H2,1-4H3. The van der Waals surface area contributed by atoms with Crippen molar-refractivity contribution >= 4 is 27.3 Å². The fraction of sp³-hybridized carbons (Fsp3) is 0.375. The molecule has 0 amide bonds. The summed E-state index contributed by atoms with van der Waals surface area (Å²) in [6, 6.07) is 12.5. The van der Waals surface area contributed by atoms with E-state index < -0.39 is 10.0 Å². The van der Waals surface area contributed by atoms with Crippen molar-refractivity contribution in [1.82, 2.24) is 14.9 Å². The quantitative estimate of drug-likeness (QED) is 0.538. The summed E-state index contributed by atoms with van der Waals surface area (Å²) < 4.78 is 31.3. The van der Waals surface area contributed by atoms with Crippen LogP contribution in [0.5, 0.6) is 0 Å². The van der Waals surface area contributed by atoms with Crippen LogP contribution in [0.15, 0.2) is 53.6 Å². The van der Waals surface area contributed by atoms with Gasteiger partial charge in [-0.1, -0.05) is 44.5 Å². The Bertz CT molecular complexity index is 1220. The van der Waals surface area contributed by atoms with Crippen LogP contribution in [0.25, 0.3) is 11.3 Å². The number of aryl methyl sites for hydroxylation is 1. The van der Waals surface area contributed by atoms with Gasteiger partial charge in [0.1, 0.15) is 5.82 Å². The Morgan fingerprint density at radius 1 is 1.16 bits per heavy atom. The van der Waals surface area contributed by atoms with Gasteiger partial charge in [-0.25, -0.2) is 13.4 Å². The van der Waals surface area contributed by atoms with Crippen molar-refractivity contribution in [3.8, 4) is 11.3 Å². The molecule has 32 heavy (non-hydrogen) atoms. The van der Waals surface area contributed by atoms with Crippen molar-refractivity contribution in [2.24, 2.45) is 0 Å². The number of imidazole rings is 1. The lowest BCUT2D eigenvalue weighted by molar-refractivity contribution is 0.538. The first-order valence-electron chi connectivity index (χ1n) is 10.7. The van der Waals surface area contributed by atoms with E-state index >= 15 is 0 Å². The molecule has 1 atom stereocenters. The zero-order valence-corrected chi connectivity index (χ0v) is 20.4. The summed E-state index contributed by atoms with van der Waals surface area (Å²) in [7, 11) is -3.78. The maximum absolute atomic E-state index is 13.2. The Morgan fingerprint density at radius 3 is 2.50 bits per heavy atom. The Balaban J connectivity index is 1.72. The third kappa shape index (κ3) is 4.56. The number of hydrogen-bond acceptors (Lipinski definition) is 4. The van der Waals surface area contributed by atoms with Crippen molar-refractivity contribution in [3.05, 3.63) is 65.1 Å². The Kier molecular flexibility index (Phi) is 6.09. The predicted molar refractivity (Wildman–Crippen MR) is 130 cm³/mol. The number of hydrogen-bond donors (Lipinski definition) is 2. The molecule has 4 rings (SSSR count). The lowest BCUT2D eigenvalue weighted by atomic mass is 9.87. The van der Waals surface area contributed by atoms with Gasteiger partial charge < -0.3 is 9.88 Å². The Labute approximate surface area is 195 Å². The number of sulfonamides is 1. The lowest BCUT2D eigenvalue weighted by Gasteiger charge is -2.20. The van der Waals surface area contributed by atoms with Crippen molar-refractivity contribution < 1.29 is 8.42 Å². The first-order valence-corrected chi connectivity index (χ1v) is 12.6. The third-order valence-electron chi connectivity index (χ3n) is 5.91. The van der Waals surface area contributed by atoms with Gasteiger partial charge in [0.25, 0.3) is 10.0 Å². The van der Waals surface area contributed by atoms with Crippen LogP contribution in [0.4, 0.5) is 5.69 Å². The second-order valence-corrected chi connectivity index (χ2v) is 11.4. The highest BCUT2D eigenvalue weighted by molar-refractivity contribution is 7.92. The number of benzene rings is 2. The Morgan fingerprint density at radius 2 is 1.88 bits per heavy atom. The molecule has 1 fully saturated rings. The summed E-state index contributed by atoms with van der Waals surface area (Å²) >= 11 is 6.31. The predicted octanol–water partition coefficient (Wildman–Crippen LogP) is 5.14. The number of rotatable bonds is 5. The molecule has 6 nitrogen and oxygen atoms in total. The van der Waals surface area contributed by atoms with Gasteiger partial charge in [-0.05, 0) is 61.2 Å². The van der Waals surface area contributed by atoms with Crippen molar-refractivity contribution in [3.63, 3.8) is 0 Å². The summed E-state index contributed by atoms with van der Waals surface area (Å²) in [6.45, 7) is 10.1. The molecule has 1 unspecified atom stereocenters. The van der Waals surface area contributed by atoms with Crippen LogP contribution in [-0.4, -0.2) is 31.1 Å². The van der Waals surface area contributed by atoms with Gasteiger partial charge in [0.05, 0.1) is 22.5 Å². The molecule has 3 aromatic rings. The molecule has 1 aromatic heterocycles. The minimum absolute atomic E-state index is 0.0512. The van der Waals surface area contributed by atoms with E-state index in [4.69, 9.17) is 11.6 Å². The highest BCUT2D eigenvalue weighted by Crippen LogP contribution is 2.35. The van der Waals surface area contributed by atoms with Crippen LogP contribution in [0.3, 0.4) is 0 Å². The molecule has 1 aliphatic rings. The van der Waals surface area contributed by atoms with E-state index in [2.05, 4.69) is 40.4 Å². The highest BCUT2D eigenvalue weighted by atomic mass is 35.5. The molecule has 2 aromatic carbocycles. The normalized spacial score (nSPS) is 17.0. The average Bonchev–Trinajstić information content (AvgIpc) is 3.38. The summed E-state index contributed by atoms with van der Waals surface area (Å²) in [5, 5.41) is 3.92. The van der Waals surface area contributed by atoms with Crippen LogP contribution in [0.2, 0.25) is 5.02 Å². The SMILES string of the molecule is Cc1ncc(-c2cc(Cl)ccc2NS(=O)(=O)c2ccc(C(C)(C)C)cc2)n1C1CCNC1. The van der Waals surface area contributed by atoms with Crippen LogP contribution in [0, 0.1) is 6.92 Å². The molecule has 0 saturated carbocycles. The summed E-state index contributed by atoms with van der Waals surface area (Å²) in [6.07, 6.45) is 2.78. The molecule has 0 bridgehead atoms. The van der Waals surface area contributed by atoms with Crippen molar-refractivity contribution in [2.75, 3.05) is 17.8 Å². The van der Waals surface area contributed by atoms with Gasteiger partial charge >= 0.3 is 0 Å². The number of aromatic nitrogens is 2. The summed E-state index contributed by atoms with van der Waals surface area (Å²) in [5.74, 6) is 0.889. The highest BCUT2D eigenvalue weighted by Gasteiger charge is 2.25. The van der Waals surface area contributed by atoms with Crippen LogP contribution >= 0.6 is 11.6 Å². The van der Waals surface area contributed by atoms with Gasteiger partial charge in [-0.3, -0.25) is 4.72 Å². The minimum Gasteiger partial charge on any atom is -0.324 e. The molecule has 0 spiro atoms. The third-order valence-corrected chi connectivity index (χ3v) is 7.53.